The lowest BCUT2D eigenvalue weighted by molar-refractivity contribution is -0.152. The maximum Gasteiger partial charge on any atom is 0.328 e. The number of hydrogen-bond donors (Lipinski definition) is 2. The third-order valence-electron chi connectivity index (χ3n) is 4.51. The number of methoxy groups -OCH3 is 1. The summed E-state index contributed by atoms with van der Waals surface area (Å²) in [6.45, 7) is 6.00. The van der Waals surface area contributed by atoms with E-state index >= 15 is 0 Å². The summed E-state index contributed by atoms with van der Waals surface area (Å²) in [4.78, 5) is 39.1. The number of nitrogens with zero attached hydrogens (tertiary/aromatic N) is 1. The van der Waals surface area contributed by atoms with Gasteiger partial charge < -0.3 is 20.1 Å². The Morgan fingerprint density at radius 2 is 2.00 bits per heavy atom. The summed E-state index contributed by atoms with van der Waals surface area (Å²) >= 11 is 0. The first-order valence-electron chi connectivity index (χ1n) is 8.63. The van der Waals surface area contributed by atoms with Crippen LogP contribution in [0.25, 0.3) is 0 Å². The van der Waals surface area contributed by atoms with Gasteiger partial charge in [0.05, 0.1) is 7.11 Å². The number of amides is 2. The van der Waals surface area contributed by atoms with Crippen LogP contribution < -0.4 is 5.32 Å². The number of phenolic OH excluding ortho intramolecular Hbond substituents is 1. The highest BCUT2D eigenvalue weighted by Crippen LogP contribution is 2.26. The molecule has 2 rings (SSSR count). The zero-order valence-corrected chi connectivity index (χ0v) is 15.6. The van der Waals surface area contributed by atoms with Gasteiger partial charge in [0.2, 0.25) is 5.91 Å². The van der Waals surface area contributed by atoms with Crippen LogP contribution in [0.15, 0.2) is 24.3 Å². The van der Waals surface area contributed by atoms with E-state index in [1.165, 1.54) is 24.1 Å². The average molecular weight is 362 g/mol. The van der Waals surface area contributed by atoms with E-state index in [1.54, 1.807) is 12.1 Å². The van der Waals surface area contributed by atoms with Crippen molar-refractivity contribution in [3.05, 3.63) is 29.8 Å². The van der Waals surface area contributed by atoms with Crippen LogP contribution in [0.3, 0.4) is 0 Å². The molecule has 26 heavy (non-hydrogen) atoms. The molecule has 0 aliphatic carbocycles. The van der Waals surface area contributed by atoms with Crippen molar-refractivity contribution in [3.63, 3.8) is 0 Å². The van der Waals surface area contributed by atoms with Gasteiger partial charge in [-0.05, 0) is 36.5 Å². The monoisotopic (exact) mass is 362 g/mol. The Kier molecular flexibility index (Phi) is 5.90. The molecular formula is C19H26N2O5. The van der Waals surface area contributed by atoms with Crippen LogP contribution in [0.4, 0.5) is 0 Å². The molecule has 2 atom stereocenters. The van der Waals surface area contributed by atoms with Gasteiger partial charge in [0.25, 0.3) is 5.91 Å². The van der Waals surface area contributed by atoms with E-state index in [0.717, 1.165) is 0 Å². The highest BCUT2D eigenvalue weighted by Gasteiger charge is 2.42. The van der Waals surface area contributed by atoms with E-state index < -0.39 is 29.4 Å². The van der Waals surface area contributed by atoms with Gasteiger partial charge in [0.15, 0.2) is 0 Å². The number of phenols is 1. The third kappa shape index (κ3) is 4.33. The molecule has 142 valence electrons. The van der Waals surface area contributed by atoms with E-state index in [-0.39, 0.29) is 17.2 Å². The fourth-order valence-corrected chi connectivity index (χ4v) is 3.09. The van der Waals surface area contributed by atoms with Gasteiger partial charge in [-0.3, -0.25) is 9.59 Å². The van der Waals surface area contributed by atoms with Crippen LogP contribution in [0.5, 0.6) is 5.75 Å². The Labute approximate surface area is 153 Å². The van der Waals surface area contributed by atoms with Gasteiger partial charge in [0, 0.05) is 12.1 Å². The molecule has 7 nitrogen and oxygen atoms in total. The first-order valence-corrected chi connectivity index (χ1v) is 8.63. The van der Waals surface area contributed by atoms with Crippen LogP contribution in [-0.4, -0.2) is 53.5 Å². The van der Waals surface area contributed by atoms with Crippen molar-refractivity contribution in [2.75, 3.05) is 13.7 Å². The number of carbonyl (C=O) groups excluding carboxylic acids is 3. The van der Waals surface area contributed by atoms with Crippen LogP contribution in [0, 0.1) is 5.41 Å². The molecule has 1 aromatic carbocycles. The molecule has 2 unspecified atom stereocenters. The van der Waals surface area contributed by atoms with Crippen LogP contribution in [0.2, 0.25) is 0 Å². The Morgan fingerprint density at radius 1 is 1.31 bits per heavy atom. The minimum absolute atomic E-state index is 0.0263. The lowest BCUT2D eigenvalue weighted by Crippen LogP contribution is -2.56. The quantitative estimate of drug-likeness (QED) is 0.795. The predicted octanol–water partition coefficient (Wildman–Crippen LogP) is 1.70. The molecule has 7 heteroatoms. The second-order valence-corrected chi connectivity index (χ2v) is 7.54. The number of nitrogens with one attached hydrogen (secondary N) is 1. The normalized spacial score (nSPS) is 18.3. The number of esters is 1. The van der Waals surface area contributed by atoms with Crippen LogP contribution >= 0.6 is 0 Å². The van der Waals surface area contributed by atoms with Crippen LogP contribution in [0.1, 0.15) is 44.0 Å². The Balaban J connectivity index is 2.23. The van der Waals surface area contributed by atoms with Crippen molar-refractivity contribution in [2.45, 2.75) is 45.7 Å². The molecule has 0 aromatic heterocycles. The Hall–Kier alpha value is -2.57. The summed E-state index contributed by atoms with van der Waals surface area (Å²) < 4.78 is 4.80. The van der Waals surface area contributed by atoms with Gasteiger partial charge in [-0.15, -0.1) is 0 Å². The van der Waals surface area contributed by atoms with Crippen molar-refractivity contribution < 1.29 is 24.2 Å². The highest BCUT2D eigenvalue weighted by atomic mass is 16.5. The van der Waals surface area contributed by atoms with Gasteiger partial charge in [0.1, 0.15) is 17.8 Å². The molecule has 1 heterocycles. The smallest absolute Gasteiger partial charge is 0.328 e. The number of hydrogen-bond acceptors (Lipinski definition) is 5. The number of benzene rings is 1. The summed E-state index contributed by atoms with van der Waals surface area (Å²) in [6, 6.07) is 4.50. The van der Waals surface area contributed by atoms with E-state index in [0.29, 0.717) is 19.4 Å². The zero-order chi connectivity index (χ0) is 19.5. The topological polar surface area (TPSA) is 95.9 Å². The van der Waals surface area contributed by atoms with E-state index in [2.05, 4.69) is 5.32 Å². The van der Waals surface area contributed by atoms with Crippen molar-refractivity contribution in [2.24, 2.45) is 5.41 Å². The molecule has 0 bridgehead atoms. The summed E-state index contributed by atoms with van der Waals surface area (Å²) in [5.41, 5.74) is -0.301. The van der Waals surface area contributed by atoms with Crippen molar-refractivity contribution in [1.29, 1.82) is 0 Å². The molecule has 0 saturated carbocycles. The van der Waals surface area contributed by atoms with Gasteiger partial charge in [-0.1, -0.05) is 26.8 Å². The molecule has 1 fully saturated rings. The lowest BCUT2D eigenvalue weighted by atomic mass is 9.85. The van der Waals surface area contributed by atoms with Crippen LogP contribution in [-0.2, 0) is 14.3 Å². The summed E-state index contributed by atoms with van der Waals surface area (Å²) in [6.07, 6.45) is 1.26. The minimum atomic E-state index is -0.817. The van der Waals surface area contributed by atoms with Crippen molar-refractivity contribution in [1.82, 2.24) is 10.2 Å². The second kappa shape index (κ2) is 7.76. The Bertz CT molecular complexity index is 695. The minimum Gasteiger partial charge on any atom is -0.508 e. The number of aromatic hydroxyl groups is 1. The second-order valence-electron chi connectivity index (χ2n) is 7.54. The average Bonchev–Trinajstić information content (AvgIpc) is 3.06. The van der Waals surface area contributed by atoms with E-state index in [4.69, 9.17) is 4.74 Å². The molecule has 1 saturated heterocycles. The number of ether oxygens (including phenoxy) is 1. The number of likely N-dealkylation sites (tertiary alicyclic amines) is 1. The molecule has 1 aliphatic rings. The maximum absolute atomic E-state index is 13.1. The molecule has 2 amide bonds. The predicted molar refractivity (Wildman–Crippen MR) is 95.6 cm³/mol. The SMILES string of the molecule is COC(=O)C1CCCN1C(=O)C(NC(=O)c1cccc(O)c1)C(C)(C)C. The fourth-order valence-electron chi connectivity index (χ4n) is 3.09. The standard InChI is InChI=1S/C19H26N2O5/c1-19(2,3)15(20-16(23)12-7-5-8-13(22)11-12)17(24)21-10-6-9-14(21)18(25)26-4/h5,7-8,11,14-15,22H,6,9-10H2,1-4H3,(H,20,23). The molecule has 1 aromatic rings. The lowest BCUT2D eigenvalue weighted by Gasteiger charge is -2.35. The van der Waals surface area contributed by atoms with E-state index in [1.807, 2.05) is 20.8 Å². The van der Waals surface area contributed by atoms with E-state index in [9.17, 15) is 19.5 Å². The number of rotatable bonds is 4. The molecular weight excluding hydrogens is 336 g/mol. The maximum atomic E-state index is 13.1. The summed E-state index contributed by atoms with van der Waals surface area (Å²) in [5, 5.41) is 12.3. The molecule has 0 spiro atoms. The zero-order valence-electron chi connectivity index (χ0n) is 15.6. The largest absolute Gasteiger partial charge is 0.508 e. The first-order chi connectivity index (χ1) is 12.1. The van der Waals surface area contributed by atoms with Crippen molar-refractivity contribution in [3.8, 4) is 5.75 Å². The highest BCUT2D eigenvalue weighted by molar-refractivity contribution is 5.98. The van der Waals surface area contributed by atoms with Gasteiger partial charge in [-0.2, -0.15) is 0 Å². The molecule has 1 aliphatic heterocycles. The van der Waals surface area contributed by atoms with Gasteiger partial charge >= 0.3 is 5.97 Å². The summed E-state index contributed by atoms with van der Waals surface area (Å²) in [7, 11) is 1.30. The fraction of sp³-hybridized carbons (Fsp3) is 0.526. The molecule has 0 radical (unpaired) electrons. The number of carbonyl (C=O) groups is 3. The summed E-state index contributed by atoms with van der Waals surface area (Å²) in [5.74, 6) is -1.23. The van der Waals surface area contributed by atoms with Crippen molar-refractivity contribution >= 4 is 17.8 Å². The first kappa shape index (κ1) is 19.8. The third-order valence-corrected chi connectivity index (χ3v) is 4.51. The molecule has 2 N–H and O–H groups in total. The van der Waals surface area contributed by atoms with Gasteiger partial charge in [-0.25, -0.2) is 4.79 Å². The Morgan fingerprint density at radius 3 is 2.58 bits per heavy atom.